The second-order valence-electron chi connectivity index (χ2n) is 7.37. The molecule has 0 unspecified atom stereocenters. The molecule has 1 aromatic heterocycles. The van der Waals surface area contributed by atoms with E-state index in [1.165, 1.54) is 0 Å². The highest BCUT2D eigenvalue weighted by molar-refractivity contribution is 7.99. The van der Waals surface area contributed by atoms with Gasteiger partial charge in [-0.2, -0.15) is 0 Å². The van der Waals surface area contributed by atoms with Crippen LogP contribution in [-0.4, -0.2) is 73.3 Å². The Morgan fingerprint density at radius 1 is 1.07 bits per heavy atom. The quantitative estimate of drug-likeness (QED) is 0.457. The summed E-state index contributed by atoms with van der Waals surface area (Å²) in [6, 6.07) is 11.7. The lowest BCUT2D eigenvalue weighted by atomic mass is 10.2. The molecule has 0 spiro atoms. The molecule has 1 saturated heterocycles. The normalized spacial score (nSPS) is 15.4. The Labute approximate surface area is 181 Å². The van der Waals surface area contributed by atoms with Crippen LogP contribution in [-0.2, 0) is 0 Å². The molecule has 2 heterocycles. The zero-order chi connectivity index (χ0) is 20.9. The minimum absolute atomic E-state index is 0.608. The van der Waals surface area contributed by atoms with Crippen LogP contribution in [0.4, 0.5) is 5.69 Å². The van der Waals surface area contributed by atoms with E-state index in [-0.39, 0.29) is 0 Å². The Kier molecular flexibility index (Phi) is 6.56. The number of nitrogens with zero attached hydrogens (tertiary/aromatic N) is 4. The van der Waals surface area contributed by atoms with Crippen LogP contribution in [0.5, 0.6) is 11.5 Å². The van der Waals surface area contributed by atoms with Gasteiger partial charge in [0.15, 0.2) is 11.5 Å². The lowest BCUT2D eigenvalue weighted by Crippen LogP contribution is -2.45. The van der Waals surface area contributed by atoms with Gasteiger partial charge in [-0.3, -0.25) is 4.90 Å². The van der Waals surface area contributed by atoms with Crippen LogP contribution in [0, 0.1) is 0 Å². The van der Waals surface area contributed by atoms with Gasteiger partial charge >= 0.3 is 0 Å². The molecule has 0 atom stereocenters. The molecule has 0 aliphatic carbocycles. The van der Waals surface area contributed by atoms with Gasteiger partial charge in [0.2, 0.25) is 0 Å². The molecule has 1 fully saturated rings. The lowest BCUT2D eigenvalue weighted by Gasteiger charge is -2.32. The number of hydrogen-bond donors (Lipinski definition) is 1. The topological polar surface area (TPSA) is 76.7 Å². The Morgan fingerprint density at radius 2 is 1.90 bits per heavy atom. The van der Waals surface area contributed by atoms with Gasteiger partial charge in [0.05, 0.1) is 12.6 Å². The first kappa shape index (κ1) is 20.7. The number of fused-ring (bicyclic) bond motifs is 1. The maximum atomic E-state index is 6.12. The van der Waals surface area contributed by atoms with Crippen molar-refractivity contribution in [2.45, 2.75) is 9.92 Å². The summed E-state index contributed by atoms with van der Waals surface area (Å²) in [5.41, 5.74) is 7.47. The second-order valence-corrected chi connectivity index (χ2v) is 8.43. The maximum absolute atomic E-state index is 6.12. The number of benzene rings is 2. The van der Waals surface area contributed by atoms with Gasteiger partial charge in [-0.05, 0) is 31.3 Å². The van der Waals surface area contributed by atoms with Crippen LogP contribution < -0.4 is 15.2 Å². The first-order valence-corrected chi connectivity index (χ1v) is 10.8. The van der Waals surface area contributed by atoms with Crippen LogP contribution in [0.25, 0.3) is 10.9 Å². The molecule has 30 heavy (non-hydrogen) atoms. The van der Waals surface area contributed by atoms with Crippen molar-refractivity contribution >= 4 is 28.4 Å². The fourth-order valence-electron chi connectivity index (χ4n) is 3.44. The minimum Gasteiger partial charge on any atom is -0.493 e. The number of likely N-dealkylation sites (N-methyl/N-ethyl adjacent to an activating group) is 1. The third-order valence-electron chi connectivity index (χ3n) is 5.22. The maximum Gasteiger partial charge on any atom is 0.162 e. The average molecular weight is 426 g/mol. The number of rotatable bonds is 7. The van der Waals surface area contributed by atoms with Crippen molar-refractivity contribution in [2.24, 2.45) is 0 Å². The first-order valence-electron chi connectivity index (χ1n) is 10.0. The summed E-state index contributed by atoms with van der Waals surface area (Å²) in [4.78, 5) is 14.7. The van der Waals surface area contributed by atoms with Crippen LogP contribution in [0.2, 0.25) is 0 Å². The summed E-state index contributed by atoms with van der Waals surface area (Å²) >= 11 is 1.56. The van der Waals surface area contributed by atoms with Gasteiger partial charge in [0.1, 0.15) is 18.0 Å². The van der Waals surface area contributed by atoms with E-state index in [0.29, 0.717) is 18.1 Å². The van der Waals surface area contributed by atoms with Crippen molar-refractivity contribution in [1.29, 1.82) is 0 Å². The van der Waals surface area contributed by atoms with E-state index < -0.39 is 0 Å². The number of nitrogen functional groups attached to an aromatic ring is 1. The van der Waals surface area contributed by atoms with Crippen molar-refractivity contribution in [3.05, 3.63) is 42.7 Å². The fourth-order valence-corrected chi connectivity index (χ4v) is 4.38. The number of ether oxygens (including phenoxy) is 2. The van der Waals surface area contributed by atoms with Crippen LogP contribution in [0.3, 0.4) is 0 Å². The molecule has 3 aromatic rings. The summed E-state index contributed by atoms with van der Waals surface area (Å²) in [6.45, 7) is 5.84. The zero-order valence-corrected chi connectivity index (χ0v) is 18.2. The number of methoxy groups -OCH3 is 1. The van der Waals surface area contributed by atoms with E-state index in [2.05, 4.69) is 26.8 Å². The fraction of sp³-hybridized carbons (Fsp3) is 0.364. The number of piperazine rings is 1. The summed E-state index contributed by atoms with van der Waals surface area (Å²) in [6.07, 6.45) is 1.57. The Bertz CT molecular complexity index is 1010. The monoisotopic (exact) mass is 425 g/mol. The molecule has 4 rings (SSSR count). The van der Waals surface area contributed by atoms with Crippen LogP contribution >= 0.6 is 11.8 Å². The lowest BCUT2D eigenvalue weighted by molar-refractivity contribution is 0.133. The largest absolute Gasteiger partial charge is 0.493 e. The van der Waals surface area contributed by atoms with E-state index in [1.807, 2.05) is 36.4 Å². The standard InChI is InChI=1S/C22H27N5O2S/c1-26-6-8-27(9-7-26)10-11-29-21-13-18-19(14-20(21)28-2)24-15-25-22(18)30-17-5-3-4-16(23)12-17/h3-5,12-15H,6-11,23H2,1-2H3. The molecule has 0 radical (unpaired) electrons. The Balaban J connectivity index is 1.53. The number of hydrogen-bond acceptors (Lipinski definition) is 8. The van der Waals surface area contributed by atoms with E-state index in [1.54, 1.807) is 25.2 Å². The van der Waals surface area contributed by atoms with Gasteiger partial charge in [0.25, 0.3) is 0 Å². The molecule has 1 aliphatic rings. The minimum atomic E-state index is 0.608. The van der Waals surface area contributed by atoms with Crippen molar-refractivity contribution in [3.8, 4) is 11.5 Å². The molecule has 1 aliphatic heterocycles. The molecule has 8 heteroatoms. The zero-order valence-electron chi connectivity index (χ0n) is 17.4. The van der Waals surface area contributed by atoms with Crippen molar-refractivity contribution in [3.63, 3.8) is 0 Å². The second kappa shape index (κ2) is 9.51. The van der Waals surface area contributed by atoms with Gasteiger partial charge in [0, 0.05) is 54.8 Å². The van der Waals surface area contributed by atoms with Crippen LogP contribution in [0.15, 0.2) is 52.6 Å². The smallest absolute Gasteiger partial charge is 0.162 e. The highest BCUT2D eigenvalue weighted by Crippen LogP contribution is 2.37. The molecule has 2 aromatic carbocycles. The molecular weight excluding hydrogens is 398 g/mol. The van der Waals surface area contributed by atoms with Gasteiger partial charge < -0.3 is 20.1 Å². The van der Waals surface area contributed by atoms with Gasteiger partial charge in [-0.15, -0.1) is 0 Å². The molecule has 158 valence electrons. The molecule has 2 N–H and O–H groups in total. The van der Waals surface area contributed by atoms with Crippen LogP contribution in [0.1, 0.15) is 0 Å². The van der Waals surface area contributed by atoms with E-state index in [4.69, 9.17) is 15.2 Å². The summed E-state index contributed by atoms with van der Waals surface area (Å²) in [5, 5.41) is 1.79. The predicted octanol–water partition coefficient (Wildman–Crippen LogP) is 3.00. The molecule has 7 nitrogen and oxygen atoms in total. The van der Waals surface area contributed by atoms with Gasteiger partial charge in [-0.25, -0.2) is 9.97 Å². The predicted molar refractivity (Wildman–Crippen MR) is 120 cm³/mol. The summed E-state index contributed by atoms with van der Waals surface area (Å²) in [7, 11) is 3.81. The molecular formula is C22H27N5O2S. The first-order chi connectivity index (χ1) is 14.6. The Morgan fingerprint density at radius 3 is 2.67 bits per heavy atom. The van der Waals surface area contributed by atoms with E-state index in [9.17, 15) is 0 Å². The SMILES string of the molecule is COc1cc2ncnc(Sc3cccc(N)c3)c2cc1OCCN1CCN(C)CC1. The summed E-state index contributed by atoms with van der Waals surface area (Å²) in [5.74, 6) is 1.39. The average Bonchev–Trinajstić information content (AvgIpc) is 2.75. The number of anilines is 1. The van der Waals surface area contributed by atoms with Gasteiger partial charge in [-0.1, -0.05) is 17.8 Å². The van der Waals surface area contributed by atoms with E-state index in [0.717, 1.165) is 59.2 Å². The Hall–Kier alpha value is -2.55. The number of nitrogens with two attached hydrogens (primary N) is 1. The van der Waals surface area contributed by atoms with Crippen molar-refractivity contribution < 1.29 is 9.47 Å². The molecule has 0 saturated carbocycles. The van der Waals surface area contributed by atoms with E-state index >= 15 is 0 Å². The highest BCUT2D eigenvalue weighted by Gasteiger charge is 2.15. The number of aromatic nitrogens is 2. The third-order valence-corrected chi connectivity index (χ3v) is 6.23. The van der Waals surface area contributed by atoms with Crippen molar-refractivity contribution in [2.75, 3.05) is 59.2 Å². The third kappa shape index (κ3) is 4.95. The molecule has 0 amide bonds. The molecule has 0 bridgehead atoms. The highest BCUT2D eigenvalue weighted by atomic mass is 32.2. The van der Waals surface area contributed by atoms with Crippen molar-refractivity contribution in [1.82, 2.24) is 19.8 Å². The summed E-state index contributed by atoms with van der Waals surface area (Å²) < 4.78 is 11.7.